The van der Waals surface area contributed by atoms with Crippen LogP contribution in [0.4, 0.5) is 5.69 Å². The number of halogens is 2. The summed E-state index contributed by atoms with van der Waals surface area (Å²) in [5.41, 5.74) is 5.55. The van der Waals surface area contributed by atoms with Crippen molar-refractivity contribution in [1.29, 1.82) is 0 Å². The first-order valence-corrected chi connectivity index (χ1v) is 9.06. The zero-order chi connectivity index (χ0) is 14.8. The number of hydrogen-bond acceptors (Lipinski definition) is 1. The predicted octanol–water partition coefficient (Wildman–Crippen LogP) is 6.26. The molecule has 1 N–H and O–H groups in total. The highest BCUT2D eigenvalue weighted by atomic mass is 79.9. The van der Waals surface area contributed by atoms with Gasteiger partial charge in [0.2, 0.25) is 0 Å². The number of anilines is 1. The zero-order valence-corrected chi connectivity index (χ0v) is 15.3. The fourth-order valence-electron chi connectivity index (χ4n) is 2.96. The molecule has 0 aliphatic heterocycles. The van der Waals surface area contributed by atoms with Gasteiger partial charge in [-0.15, -0.1) is 0 Å². The van der Waals surface area contributed by atoms with Crippen LogP contribution in [0.5, 0.6) is 0 Å². The van der Waals surface area contributed by atoms with Crippen LogP contribution in [-0.2, 0) is 12.8 Å². The molecule has 2 aromatic carbocycles. The van der Waals surface area contributed by atoms with Crippen molar-refractivity contribution >= 4 is 37.5 Å². The molecule has 0 amide bonds. The lowest BCUT2D eigenvalue weighted by molar-refractivity contribution is 0.683. The first-order chi connectivity index (χ1) is 10.1. The summed E-state index contributed by atoms with van der Waals surface area (Å²) in [6.45, 7) is 2.22. The Kier molecular flexibility index (Phi) is 4.70. The summed E-state index contributed by atoms with van der Waals surface area (Å²) >= 11 is 7.23. The minimum Gasteiger partial charge on any atom is -0.377 e. The molecule has 1 unspecified atom stereocenters. The molecule has 0 spiro atoms. The lowest BCUT2D eigenvalue weighted by Gasteiger charge is -2.21. The largest absolute Gasteiger partial charge is 0.377 e. The number of nitrogens with one attached hydrogen (secondary N) is 1. The van der Waals surface area contributed by atoms with Gasteiger partial charge in [0.25, 0.3) is 0 Å². The molecule has 21 heavy (non-hydrogen) atoms. The van der Waals surface area contributed by atoms with Crippen LogP contribution in [0.25, 0.3) is 0 Å². The Balaban J connectivity index is 1.84. The Bertz CT molecular complexity index is 631. The van der Waals surface area contributed by atoms with Crippen LogP contribution in [0.15, 0.2) is 45.3 Å². The van der Waals surface area contributed by atoms with Crippen molar-refractivity contribution in [1.82, 2.24) is 0 Å². The van der Waals surface area contributed by atoms with Crippen LogP contribution in [0, 0.1) is 0 Å². The first-order valence-electron chi connectivity index (χ1n) is 7.47. The Hall–Kier alpha value is -0.800. The summed E-state index contributed by atoms with van der Waals surface area (Å²) in [6.07, 6.45) is 5.14. The Morgan fingerprint density at radius 2 is 1.62 bits per heavy atom. The van der Waals surface area contributed by atoms with E-state index in [0.717, 1.165) is 14.6 Å². The number of benzene rings is 2. The molecule has 0 radical (unpaired) electrons. The van der Waals surface area contributed by atoms with Crippen LogP contribution >= 0.6 is 31.9 Å². The van der Waals surface area contributed by atoms with Crippen molar-refractivity contribution < 1.29 is 0 Å². The van der Waals surface area contributed by atoms with E-state index in [1.54, 1.807) is 11.1 Å². The topological polar surface area (TPSA) is 12.0 Å². The van der Waals surface area contributed by atoms with Gasteiger partial charge < -0.3 is 5.32 Å². The lowest BCUT2D eigenvalue weighted by Crippen LogP contribution is -2.10. The normalized spacial score (nSPS) is 15.4. The summed E-state index contributed by atoms with van der Waals surface area (Å²) in [6, 6.07) is 13.4. The number of fused-ring (bicyclic) bond motifs is 1. The molecule has 1 atom stereocenters. The lowest BCUT2D eigenvalue weighted by atomic mass is 9.89. The van der Waals surface area contributed by atoms with Gasteiger partial charge in [0.15, 0.2) is 0 Å². The molecule has 3 rings (SSSR count). The fourth-order valence-corrected chi connectivity index (χ4v) is 4.19. The third-order valence-electron chi connectivity index (χ3n) is 4.20. The van der Waals surface area contributed by atoms with Crippen molar-refractivity contribution in [3.8, 4) is 0 Å². The van der Waals surface area contributed by atoms with Crippen molar-refractivity contribution in [2.75, 3.05) is 5.32 Å². The second-order valence-corrected chi connectivity index (χ2v) is 7.41. The highest BCUT2D eigenvalue weighted by molar-refractivity contribution is 9.11. The van der Waals surface area contributed by atoms with Gasteiger partial charge in [-0.1, -0.05) is 24.3 Å². The number of para-hydroxylation sites is 1. The van der Waals surface area contributed by atoms with Crippen LogP contribution in [0.3, 0.4) is 0 Å². The molecule has 2 aromatic rings. The predicted molar refractivity (Wildman–Crippen MR) is 97.0 cm³/mol. The van der Waals surface area contributed by atoms with Gasteiger partial charge in [0, 0.05) is 15.0 Å². The van der Waals surface area contributed by atoms with Crippen molar-refractivity contribution in [3.63, 3.8) is 0 Å². The van der Waals surface area contributed by atoms with Gasteiger partial charge in [-0.05, 0) is 93.3 Å². The van der Waals surface area contributed by atoms with Gasteiger partial charge in [0.1, 0.15) is 0 Å². The minimum absolute atomic E-state index is 0.284. The van der Waals surface area contributed by atoms with Crippen LogP contribution in [0.2, 0.25) is 0 Å². The van der Waals surface area contributed by atoms with Crippen LogP contribution in [-0.4, -0.2) is 0 Å². The summed E-state index contributed by atoms with van der Waals surface area (Å²) in [7, 11) is 0. The Morgan fingerprint density at radius 3 is 2.33 bits per heavy atom. The second kappa shape index (κ2) is 6.53. The second-order valence-electron chi connectivity index (χ2n) is 5.70. The van der Waals surface area contributed by atoms with E-state index in [4.69, 9.17) is 0 Å². The van der Waals surface area contributed by atoms with Crippen molar-refractivity contribution in [3.05, 3.63) is 62.0 Å². The minimum atomic E-state index is 0.284. The molecule has 110 valence electrons. The third kappa shape index (κ3) is 3.35. The molecule has 0 saturated heterocycles. The Morgan fingerprint density at radius 1 is 0.952 bits per heavy atom. The monoisotopic (exact) mass is 407 g/mol. The summed E-state index contributed by atoms with van der Waals surface area (Å²) in [5.74, 6) is 0. The first kappa shape index (κ1) is 15.1. The van der Waals surface area contributed by atoms with Gasteiger partial charge in [0.05, 0.1) is 5.69 Å². The summed E-state index contributed by atoms with van der Waals surface area (Å²) in [4.78, 5) is 0. The molecule has 1 aliphatic carbocycles. The number of aryl methyl sites for hydroxylation is 2. The van der Waals surface area contributed by atoms with E-state index in [1.165, 1.54) is 31.2 Å². The SMILES string of the molecule is CC(Nc1c(Br)cccc1Br)c1ccc2c(c1)CCCC2. The maximum Gasteiger partial charge on any atom is 0.0633 e. The van der Waals surface area contributed by atoms with Gasteiger partial charge >= 0.3 is 0 Å². The van der Waals surface area contributed by atoms with E-state index >= 15 is 0 Å². The average molecular weight is 409 g/mol. The summed E-state index contributed by atoms with van der Waals surface area (Å²) < 4.78 is 2.17. The quantitative estimate of drug-likeness (QED) is 0.631. The maximum absolute atomic E-state index is 3.62. The molecule has 1 aliphatic rings. The van der Waals surface area contributed by atoms with Crippen LogP contribution < -0.4 is 5.32 Å². The fraction of sp³-hybridized carbons (Fsp3) is 0.333. The van der Waals surface area contributed by atoms with Crippen molar-refractivity contribution in [2.45, 2.75) is 38.6 Å². The third-order valence-corrected chi connectivity index (χ3v) is 5.52. The van der Waals surface area contributed by atoms with Crippen LogP contribution in [0.1, 0.15) is 42.5 Å². The van der Waals surface area contributed by atoms with E-state index < -0.39 is 0 Å². The standard InChI is InChI=1S/C18H19Br2N/c1-12(21-18-16(19)7-4-8-17(18)20)14-10-9-13-5-2-3-6-15(13)11-14/h4,7-12,21H,2-3,5-6H2,1H3. The van der Waals surface area contributed by atoms with E-state index in [-0.39, 0.29) is 6.04 Å². The molecule has 0 bridgehead atoms. The van der Waals surface area contributed by atoms with E-state index in [1.807, 2.05) is 6.07 Å². The van der Waals surface area contributed by atoms with E-state index in [0.29, 0.717) is 0 Å². The highest BCUT2D eigenvalue weighted by Crippen LogP contribution is 2.34. The van der Waals surface area contributed by atoms with E-state index in [2.05, 4.69) is 74.4 Å². The molecular weight excluding hydrogens is 390 g/mol. The molecule has 0 fully saturated rings. The maximum atomic E-state index is 3.62. The van der Waals surface area contributed by atoms with E-state index in [9.17, 15) is 0 Å². The molecular formula is C18H19Br2N. The molecule has 1 nitrogen and oxygen atoms in total. The summed E-state index contributed by atoms with van der Waals surface area (Å²) in [5, 5.41) is 3.61. The van der Waals surface area contributed by atoms with Gasteiger partial charge in [-0.25, -0.2) is 0 Å². The van der Waals surface area contributed by atoms with Gasteiger partial charge in [-0.3, -0.25) is 0 Å². The molecule has 3 heteroatoms. The Labute approximate surface area is 143 Å². The molecule has 0 saturated carbocycles. The van der Waals surface area contributed by atoms with Crippen molar-refractivity contribution in [2.24, 2.45) is 0 Å². The highest BCUT2D eigenvalue weighted by Gasteiger charge is 2.14. The smallest absolute Gasteiger partial charge is 0.0633 e. The number of hydrogen-bond donors (Lipinski definition) is 1. The average Bonchev–Trinajstić information content (AvgIpc) is 2.50. The number of rotatable bonds is 3. The van der Waals surface area contributed by atoms with Gasteiger partial charge in [-0.2, -0.15) is 0 Å². The molecule has 0 aromatic heterocycles. The molecule has 0 heterocycles. The zero-order valence-electron chi connectivity index (χ0n) is 12.1.